The zero-order valence-corrected chi connectivity index (χ0v) is 20.5. The molecular weight excluding hydrogens is 472 g/mol. The molecule has 4 aromatic heterocycles. The van der Waals surface area contributed by atoms with Crippen molar-refractivity contribution in [3.05, 3.63) is 71.6 Å². The molecule has 188 valence electrons. The standard InChI is InChI=1S/C26H26N8O3/c1-16(2)33-15-29-31-25(33)19-4-3-5-24(30-19)34-14-28-20-11-23(37-9-8-35)22(10-18(20)26(34)36)32-12-21(27-13-32)17-6-7-17/h3-5,10-17,35H,6-9H2,1-2H3. The molecular formula is C26H26N8O3. The first kappa shape index (κ1) is 23.0. The molecule has 0 amide bonds. The van der Waals surface area contributed by atoms with Crippen LogP contribution in [0.4, 0.5) is 0 Å². The predicted molar refractivity (Wildman–Crippen MR) is 136 cm³/mol. The third-order valence-electron chi connectivity index (χ3n) is 6.40. The first-order valence-corrected chi connectivity index (χ1v) is 12.2. The average molecular weight is 499 g/mol. The lowest BCUT2D eigenvalue weighted by Crippen LogP contribution is -2.20. The summed E-state index contributed by atoms with van der Waals surface area (Å²) in [5.74, 6) is 2.05. The van der Waals surface area contributed by atoms with Crippen molar-refractivity contribution in [1.82, 2.24) is 38.9 Å². The molecule has 1 aromatic carbocycles. The van der Waals surface area contributed by atoms with Crippen LogP contribution in [0.25, 0.3) is 33.9 Å². The molecule has 1 aliphatic rings. The van der Waals surface area contributed by atoms with Gasteiger partial charge in [0.1, 0.15) is 36.5 Å². The second-order valence-electron chi connectivity index (χ2n) is 9.35. The van der Waals surface area contributed by atoms with Crippen LogP contribution in [-0.4, -0.2) is 57.2 Å². The zero-order chi connectivity index (χ0) is 25.5. The third kappa shape index (κ3) is 4.27. The number of imidazole rings is 1. The number of aliphatic hydroxyl groups is 1. The topological polar surface area (TPSA) is 126 Å². The summed E-state index contributed by atoms with van der Waals surface area (Å²) in [6.07, 6.45) is 9.09. The van der Waals surface area contributed by atoms with Crippen LogP contribution >= 0.6 is 0 Å². The lowest BCUT2D eigenvalue weighted by molar-refractivity contribution is 0.201. The Morgan fingerprint density at radius 2 is 2.00 bits per heavy atom. The number of rotatable bonds is 8. The molecule has 1 aliphatic carbocycles. The number of ether oxygens (including phenoxy) is 1. The van der Waals surface area contributed by atoms with E-state index in [1.807, 2.05) is 41.3 Å². The average Bonchev–Trinajstić information content (AvgIpc) is 3.42. The van der Waals surface area contributed by atoms with E-state index in [2.05, 4.69) is 20.2 Å². The Labute approximate surface area is 212 Å². The molecule has 37 heavy (non-hydrogen) atoms. The van der Waals surface area contributed by atoms with Gasteiger partial charge in [-0.25, -0.2) is 15.0 Å². The SMILES string of the molecule is CC(C)n1cnnc1-c1cccc(-n2cnc3cc(OCCO)c(-n4cnc(C5CC5)c4)cc3c2=O)n1. The van der Waals surface area contributed by atoms with Crippen molar-refractivity contribution in [3.8, 4) is 28.8 Å². The number of benzene rings is 1. The van der Waals surface area contributed by atoms with Crippen LogP contribution in [0.5, 0.6) is 5.75 Å². The third-order valence-corrected chi connectivity index (χ3v) is 6.40. The summed E-state index contributed by atoms with van der Waals surface area (Å²) >= 11 is 0. The quantitative estimate of drug-likeness (QED) is 0.346. The number of pyridine rings is 1. The maximum absolute atomic E-state index is 13.7. The minimum atomic E-state index is -0.266. The van der Waals surface area contributed by atoms with Gasteiger partial charge in [0.25, 0.3) is 5.56 Å². The number of hydrogen-bond acceptors (Lipinski definition) is 8. The molecule has 0 unspecified atom stereocenters. The summed E-state index contributed by atoms with van der Waals surface area (Å²) in [5, 5.41) is 18.0. The van der Waals surface area contributed by atoms with Crippen LogP contribution in [0.15, 0.2) is 60.3 Å². The molecule has 0 saturated heterocycles. The highest BCUT2D eigenvalue weighted by Gasteiger charge is 2.26. The largest absolute Gasteiger partial charge is 0.489 e. The highest BCUT2D eigenvalue weighted by Crippen LogP contribution is 2.39. The Morgan fingerprint density at radius 1 is 1.14 bits per heavy atom. The monoisotopic (exact) mass is 498 g/mol. The summed E-state index contributed by atoms with van der Waals surface area (Å²) in [5.41, 5.74) is 2.50. The fraction of sp³-hybridized carbons (Fsp3) is 0.308. The fourth-order valence-corrected chi connectivity index (χ4v) is 4.32. The Balaban J connectivity index is 1.46. The minimum absolute atomic E-state index is 0.122. The van der Waals surface area contributed by atoms with Gasteiger partial charge in [-0.15, -0.1) is 10.2 Å². The van der Waals surface area contributed by atoms with Crippen molar-refractivity contribution in [2.45, 2.75) is 38.6 Å². The van der Waals surface area contributed by atoms with Crippen molar-refractivity contribution in [2.75, 3.05) is 13.2 Å². The summed E-state index contributed by atoms with van der Waals surface area (Å²) < 4.78 is 11.0. The van der Waals surface area contributed by atoms with E-state index in [9.17, 15) is 9.90 Å². The molecule has 11 heteroatoms. The van der Waals surface area contributed by atoms with Gasteiger partial charge in [-0.1, -0.05) is 6.07 Å². The molecule has 1 saturated carbocycles. The van der Waals surface area contributed by atoms with E-state index < -0.39 is 0 Å². The number of hydrogen-bond donors (Lipinski definition) is 1. The van der Waals surface area contributed by atoms with Gasteiger partial charge < -0.3 is 19.0 Å². The zero-order valence-electron chi connectivity index (χ0n) is 20.5. The van der Waals surface area contributed by atoms with Crippen molar-refractivity contribution >= 4 is 10.9 Å². The van der Waals surface area contributed by atoms with Crippen molar-refractivity contribution in [1.29, 1.82) is 0 Å². The molecule has 6 rings (SSSR count). The number of aromatic nitrogens is 8. The summed E-state index contributed by atoms with van der Waals surface area (Å²) in [7, 11) is 0. The molecule has 0 radical (unpaired) electrons. The van der Waals surface area contributed by atoms with Gasteiger partial charge in [0, 0.05) is 24.2 Å². The van der Waals surface area contributed by atoms with Crippen LogP contribution in [0.3, 0.4) is 0 Å². The Kier molecular flexibility index (Phi) is 5.76. The van der Waals surface area contributed by atoms with Crippen LogP contribution in [0.1, 0.15) is 44.3 Å². The van der Waals surface area contributed by atoms with Crippen molar-refractivity contribution < 1.29 is 9.84 Å². The molecule has 0 bridgehead atoms. The molecule has 1 fully saturated rings. The van der Waals surface area contributed by atoms with Crippen molar-refractivity contribution in [2.24, 2.45) is 0 Å². The molecule has 1 N–H and O–H groups in total. The summed E-state index contributed by atoms with van der Waals surface area (Å²) in [6.45, 7) is 4.07. The predicted octanol–water partition coefficient (Wildman–Crippen LogP) is 3.05. The van der Waals surface area contributed by atoms with Gasteiger partial charge in [-0.3, -0.25) is 9.36 Å². The summed E-state index contributed by atoms with van der Waals surface area (Å²) in [4.78, 5) is 27.4. The Morgan fingerprint density at radius 3 is 2.78 bits per heavy atom. The van der Waals surface area contributed by atoms with Crippen LogP contribution in [0, 0.1) is 0 Å². The first-order chi connectivity index (χ1) is 18.0. The van der Waals surface area contributed by atoms with Crippen molar-refractivity contribution in [3.63, 3.8) is 0 Å². The lowest BCUT2D eigenvalue weighted by atomic mass is 10.2. The number of nitrogens with zero attached hydrogens (tertiary/aromatic N) is 8. The Bertz CT molecular complexity index is 1650. The number of fused-ring (bicyclic) bond motifs is 1. The summed E-state index contributed by atoms with van der Waals surface area (Å²) in [6, 6.07) is 9.06. The van der Waals surface area contributed by atoms with Crippen LogP contribution in [-0.2, 0) is 0 Å². The number of aliphatic hydroxyl groups excluding tert-OH is 1. The fourth-order valence-electron chi connectivity index (χ4n) is 4.32. The lowest BCUT2D eigenvalue weighted by Gasteiger charge is -2.14. The van der Waals surface area contributed by atoms with Crippen LogP contribution in [0.2, 0.25) is 0 Å². The highest BCUT2D eigenvalue weighted by molar-refractivity contribution is 5.83. The smallest absolute Gasteiger partial charge is 0.267 e. The van der Waals surface area contributed by atoms with Gasteiger partial charge >= 0.3 is 0 Å². The molecule has 11 nitrogen and oxygen atoms in total. The van der Waals surface area contributed by atoms with E-state index in [0.717, 1.165) is 18.5 Å². The minimum Gasteiger partial charge on any atom is -0.489 e. The van der Waals surface area contributed by atoms with Gasteiger partial charge in [0.05, 0.1) is 35.2 Å². The maximum Gasteiger partial charge on any atom is 0.267 e. The van der Waals surface area contributed by atoms with Gasteiger partial charge in [-0.2, -0.15) is 0 Å². The first-order valence-electron chi connectivity index (χ1n) is 12.2. The molecule has 0 atom stereocenters. The molecule has 4 heterocycles. The second-order valence-corrected chi connectivity index (χ2v) is 9.35. The van der Waals surface area contributed by atoms with E-state index in [-0.39, 0.29) is 24.8 Å². The second kappa shape index (κ2) is 9.25. The normalized spacial score (nSPS) is 13.5. The van der Waals surface area contributed by atoms with Crippen LogP contribution < -0.4 is 10.3 Å². The molecule has 5 aromatic rings. The highest BCUT2D eigenvalue weighted by atomic mass is 16.5. The van der Waals surface area contributed by atoms with E-state index in [1.54, 1.807) is 30.9 Å². The van der Waals surface area contributed by atoms with Gasteiger partial charge in [0.2, 0.25) is 0 Å². The van der Waals surface area contributed by atoms with Gasteiger partial charge in [-0.05, 0) is 44.9 Å². The Hall–Kier alpha value is -4.38. The van der Waals surface area contributed by atoms with Gasteiger partial charge in [0.15, 0.2) is 5.82 Å². The van der Waals surface area contributed by atoms with E-state index in [1.165, 1.54) is 10.9 Å². The molecule has 0 spiro atoms. The molecule has 0 aliphatic heterocycles. The van der Waals surface area contributed by atoms with E-state index >= 15 is 0 Å². The maximum atomic E-state index is 13.7. The van der Waals surface area contributed by atoms with E-state index in [4.69, 9.17) is 9.72 Å². The van der Waals surface area contributed by atoms with E-state index in [0.29, 0.717) is 45.6 Å².